The zero-order chi connectivity index (χ0) is 46.7. The highest BCUT2D eigenvalue weighted by atomic mass is 32.2. The van der Waals surface area contributed by atoms with Gasteiger partial charge >= 0.3 is 24.0 Å². The van der Waals surface area contributed by atoms with E-state index >= 15 is 0 Å². The molecule has 62 heavy (non-hydrogen) atoms. The predicted molar refractivity (Wildman–Crippen MR) is 231 cm³/mol. The van der Waals surface area contributed by atoms with Crippen molar-refractivity contribution in [2.45, 2.75) is 105 Å². The largest absolute Gasteiger partial charge is 0.459 e. The quantitative estimate of drug-likeness (QED) is 0.0827. The Bertz CT molecular complexity index is 1680. The SMILES string of the molecule is CC(C)(C)OC(=O)CN1CCN(CC(=O)N[C@@H](CS(=O)(=O)O)C(=O)CCCNC(=O)OCc2ccccc2)CCN(CC(=O)OC(C)(C)C)CCN(CC(=O)OC(C)(C)C)CC1. The fourth-order valence-electron chi connectivity index (χ4n) is 6.15. The van der Waals surface area contributed by atoms with Gasteiger partial charge in [0.15, 0.2) is 5.78 Å². The Morgan fingerprint density at radius 1 is 0.645 bits per heavy atom. The second-order valence-electron chi connectivity index (χ2n) is 18.3. The van der Waals surface area contributed by atoms with Crippen LogP contribution in [0.15, 0.2) is 30.3 Å². The Morgan fingerprint density at radius 2 is 1.03 bits per heavy atom. The van der Waals surface area contributed by atoms with Crippen LogP contribution < -0.4 is 10.6 Å². The molecule has 0 saturated carbocycles. The molecule has 3 N–H and O–H groups in total. The molecule has 352 valence electrons. The zero-order valence-electron chi connectivity index (χ0n) is 38.0. The van der Waals surface area contributed by atoms with Gasteiger partial charge in [-0.25, -0.2) is 4.79 Å². The number of esters is 3. The van der Waals surface area contributed by atoms with Crippen molar-refractivity contribution in [1.82, 2.24) is 30.2 Å². The molecule has 2 amide bonds. The summed E-state index contributed by atoms with van der Waals surface area (Å²) in [6.07, 6.45) is -0.838. The van der Waals surface area contributed by atoms with E-state index in [1.165, 1.54) is 0 Å². The van der Waals surface area contributed by atoms with Crippen LogP contribution in [0.3, 0.4) is 0 Å². The summed E-state index contributed by atoms with van der Waals surface area (Å²) in [6.45, 7) is 17.7. The van der Waals surface area contributed by atoms with Gasteiger partial charge in [0.2, 0.25) is 5.91 Å². The van der Waals surface area contributed by atoms with E-state index in [9.17, 15) is 41.7 Å². The summed E-state index contributed by atoms with van der Waals surface area (Å²) in [5, 5.41) is 4.99. The van der Waals surface area contributed by atoms with E-state index < -0.39 is 74.4 Å². The van der Waals surface area contributed by atoms with Crippen LogP contribution in [-0.4, -0.2) is 182 Å². The highest BCUT2D eigenvalue weighted by Gasteiger charge is 2.29. The summed E-state index contributed by atoms with van der Waals surface area (Å²) in [5.41, 5.74) is -1.40. The molecule has 1 aliphatic heterocycles. The Balaban J connectivity index is 2.24. The molecule has 0 aromatic heterocycles. The maximum Gasteiger partial charge on any atom is 0.407 e. The first kappa shape index (κ1) is 53.9. The van der Waals surface area contributed by atoms with Crippen LogP contribution in [0, 0.1) is 0 Å². The van der Waals surface area contributed by atoms with Gasteiger partial charge in [0.25, 0.3) is 10.1 Å². The zero-order valence-corrected chi connectivity index (χ0v) is 38.8. The van der Waals surface area contributed by atoms with Crippen molar-refractivity contribution in [3.63, 3.8) is 0 Å². The third-order valence-corrected chi connectivity index (χ3v) is 9.55. The van der Waals surface area contributed by atoms with Crippen LogP contribution in [-0.2, 0) is 59.6 Å². The van der Waals surface area contributed by atoms with Gasteiger partial charge in [-0.1, -0.05) is 30.3 Å². The van der Waals surface area contributed by atoms with Crippen molar-refractivity contribution in [2.75, 3.05) is 90.8 Å². The molecule has 1 saturated heterocycles. The molecule has 0 aliphatic carbocycles. The lowest BCUT2D eigenvalue weighted by molar-refractivity contribution is -0.158. The van der Waals surface area contributed by atoms with Crippen LogP contribution in [0.2, 0.25) is 0 Å². The highest BCUT2D eigenvalue weighted by molar-refractivity contribution is 7.85. The summed E-state index contributed by atoms with van der Waals surface area (Å²) in [7, 11) is -4.71. The number of alkyl carbamates (subject to hydrolysis) is 1. The number of ketones is 1. The van der Waals surface area contributed by atoms with Gasteiger partial charge in [-0.3, -0.25) is 48.1 Å². The molecule has 0 spiro atoms. The molecule has 0 unspecified atom stereocenters. The van der Waals surface area contributed by atoms with Crippen molar-refractivity contribution in [3.05, 3.63) is 35.9 Å². The minimum atomic E-state index is -4.71. The van der Waals surface area contributed by atoms with Crippen LogP contribution in [0.1, 0.15) is 80.7 Å². The normalized spacial score (nSPS) is 16.5. The third-order valence-electron chi connectivity index (χ3n) is 8.80. The molecule has 0 bridgehead atoms. The van der Waals surface area contributed by atoms with Crippen LogP contribution in [0.4, 0.5) is 4.79 Å². The standard InChI is InChI=1S/C42H70N6O13S/c1-40(2,3)59-36(51)27-46-20-18-45(19-21-47(28-37(52)60-41(4,5)6)23-25-48(24-22-46)29-38(53)61-42(7,8)9)26-35(50)44-33(31-62(55,56)57)34(49)16-13-17-43-39(54)58-30-32-14-11-10-12-15-32/h10-12,14-15,33H,13,16-31H2,1-9H3,(H,43,54)(H,44,50)(H,55,56,57)/t33-/m0/s1. The van der Waals surface area contributed by atoms with Crippen LogP contribution in [0.25, 0.3) is 0 Å². The lowest BCUT2D eigenvalue weighted by Crippen LogP contribution is -2.52. The Kier molecular flexibility index (Phi) is 21.9. The maximum atomic E-state index is 13.6. The lowest BCUT2D eigenvalue weighted by atomic mass is 10.1. The van der Waals surface area contributed by atoms with Crippen molar-refractivity contribution < 1.29 is 60.7 Å². The van der Waals surface area contributed by atoms with E-state index in [4.69, 9.17) is 18.9 Å². The minimum absolute atomic E-state index is 0.0258. The summed E-state index contributed by atoms with van der Waals surface area (Å²) in [6, 6.07) is 7.44. The topological polar surface area (TPSA) is 231 Å². The number of hydrogen-bond acceptors (Lipinski definition) is 16. The average molecular weight is 899 g/mol. The number of rotatable bonds is 18. The number of nitrogens with zero attached hydrogens (tertiary/aromatic N) is 4. The Labute approximate surface area is 367 Å². The van der Waals surface area contributed by atoms with Gasteiger partial charge in [0, 0.05) is 65.3 Å². The van der Waals surface area contributed by atoms with Crippen LogP contribution in [0.5, 0.6) is 0 Å². The fourth-order valence-corrected chi connectivity index (χ4v) is 6.84. The van der Waals surface area contributed by atoms with E-state index in [2.05, 4.69) is 10.6 Å². The molecular formula is C42H70N6O13S. The molecule has 1 aliphatic rings. The summed E-state index contributed by atoms with van der Waals surface area (Å²) in [5.74, 6) is -3.81. The lowest BCUT2D eigenvalue weighted by Gasteiger charge is -2.34. The Morgan fingerprint density at radius 3 is 1.40 bits per heavy atom. The van der Waals surface area contributed by atoms with Gasteiger partial charge in [-0.15, -0.1) is 0 Å². The van der Waals surface area contributed by atoms with Gasteiger partial charge in [-0.2, -0.15) is 8.42 Å². The van der Waals surface area contributed by atoms with Gasteiger partial charge < -0.3 is 29.6 Å². The average Bonchev–Trinajstić information content (AvgIpc) is 3.10. The highest BCUT2D eigenvalue weighted by Crippen LogP contribution is 2.12. The molecule has 19 nitrogen and oxygen atoms in total. The van der Waals surface area contributed by atoms with Crippen molar-refractivity contribution >= 4 is 45.8 Å². The first-order valence-electron chi connectivity index (χ1n) is 20.9. The number of amides is 2. The van der Waals surface area contributed by atoms with Crippen molar-refractivity contribution in [2.24, 2.45) is 0 Å². The first-order valence-corrected chi connectivity index (χ1v) is 22.5. The molecule has 1 aromatic rings. The van der Waals surface area contributed by atoms with Crippen molar-refractivity contribution in [1.29, 1.82) is 0 Å². The van der Waals surface area contributed by atoms with E-state index in [0.717, 1.165) is 5.56 Å². The monoisotopic (exact) mass is 898 g/mol. The number of hydrogen-bond donors (Lipinski definition) is 3. The number of nitrogens with one attached hydrogen (secondary N) is 2. The Hall–Kier alpha value is -4.21. The number of carbonyl (C=O) groups is 6. The molecule has 1 fully saturated rings. The van der Waals surface area contributed by atoms with E-state index in [1.807, 2.05) is 20.8 Å². The summed E-state index contributed by atoms with van der Waals surface area (Å²) in [4.78, 5) is 85.3. The second kappa shape index (κ2) is 25.2. The summed E-state index contributed by atoms with van der Waals surface area (Å²) >= 11 is 0. The van der Waals surface area contributed by atoms with E-state index in [1.54, 1.807) is 91.5 Å². The molecule has 2 rings (SSSR count). The number of Topliss-reactive ketones (excluding diaryl/α,β-unsaturated/α-hetero) is 1. The minimum Gasteiger partial charge on any atom is -0.459 e. The molecule has 0 radical (unpaired) electrons. The molecule has 1 heterocycles. The fraction of sp³-hybridized carbons (Fsp3) is 0.714. The molecular weight excluding hydrogens is 829 g/mol. The van der Waals surface area contributed by atoms with Gasteiger partial charge in [0.05, 0.1) is 26.2 Å². The maximum absolute atomic E-state index is 13.6. The number of benzene rings is 1. The smallest absolute Gasteiger partial charge is 0.407 e. The number of ether oxygens (including phenoxy) is 4. The number of carbonyl (C=O) groups excluding carboxylic acids is 6. The summed E-state index contributed by atoms with van der Waals surface area (Å²) < 4.78 is 55.5. The third kappa shape index (κ3) is 26.3. The predicted octanol–water partition coefficient (Wildman–Crippen LogP) is 1.88. The van der Waals surface area contributed by atoms with E-state index in [-0.39, 0.29) is 78.4 Å². The molecule has 20 heteroatoms. The molecule has 1 aromatic carbocycles. The van der Waals surface area contributed by atoms with Gasteiger partial charge in [-0.05, 0) is 74.3 Å². The molecule has 1 atom stereocenters. The first-order chi connectivity index (χ1) is 28.6. The second-order valence-corrected chi connectivity index (χ2v) is 19.8. The van der Waals surface area contributed by atoms with E-state index in [0.29, 0.717) is 26.2 Å². The van der Waals surface area contributed by atoms with Gasteiger partial charge in [0.1, 0.15) is 35.2 Å². The van der Waals surface area contributed by atoms with Crippen LogP contribution >= 0.6 is 0 Å². The van der Waals surface area contributed by atoms with Crippen molar-refractivity contribution in [3.8, 4) is 0 Å².